The molecule has 2 atom stereocenters. The lowest BCUT2D eigenvalue weighted by molar-refractivity contribution is -0.139. The molecule has 0 bridgehead atoms. The van der Waals surface area contributed by atoms with Crippen LogP contribution in [0.2, 0.25) is 0 Å². The van der Waals surface area contributed by atoms with E-state index in [0.717, 1.165) is 16.7 Å². The van der Waals surface area contributed by atoms with Gasteiger partial charge in [0.25, 0.3) is 0 Å². The van der Waals surface area contributed by atoms with Gasteiger partial charge < -0.3 is 14.7 Å². The van der Waals surface area contributed by atoms with Crippen LogP contribution in [0.25, 0.3) is 0 Å². The van der Waals surface area contributed by atoms with E-state index < -0.39 is 5.97 Å². The van der Waals surface area contributed by atoms with Gasteiger partial charge in [-0.05, 0) is 31.4 Å². The lowest BCUT2D eigenvalue weighted by Crippen LogP contribution is -2.38. The summed E-state index contributed by atoms with van der Waals surface area (Å²) in [6.07, 6.45) is 0.784. The van der Waals surface area contributed by atoms with Gasteiger partial charge in [0, 0.05) is 19.7 Å². The van der Waals surface area contributed by atoms with Crippen molar-refractivity contribution >= 4 is 11.9 Å². The molecule has 1 aromatic rings. The summed E-state index contributed by atoms with van der Waals surface area (Å²) in [4.78, 5) is 25.3. The smallest absolute Gasteiger partial charge is 0.305 e. The molecule has 1 aliphatic rings. The van der Waals surface area contributed by atoms with E-state index in [2.05, 4.69) is 0 Å². The van der Waals surface area contributed by atoms with E-state index in [9.17, 15) is 9.59 Å². The Morgan fingerprint density at radius 1 is 1.36 bits per heavy atom. The molecule has 2 rings (SSSR count). The van der Waals surface area contributed by atoms with E-state index in [1.165, 1.54) is 0 Å². The molecule has 2 unspecified atom stereocenters. The summed E-state index contributed by atoms with van der Waals surface area (Å²) in [5, 5.41) is 9.02. The molecular weight excluding hydrogens is 282 g/mol. The number of benzene rings is 1. The number of methoxy groups -OCH3 is 1. The van der Waals surface area contributed by atoms with Crippen molar-refractivity contribution in [2.45, 2.75) is 45.3 Å². The molecule has 1 fully saturated rings. The second-order valence-corrected chi connectivity index (χ2v) is 6.00. The average molecular weight is 305 g/mol. The van der Waals surface area contributed by atoms with Crippen LogP contribution in [0.15, 0.2) is 18.2 Å². The SMILES string of the molecule is COC1CC(CC(=O)O)N(C(=O)Cc2cc(C)ccc2C)C1. The Morgan fingerprint density at radius 3 is 2.73 bits per heavy atom. The highest BCUT2D eigenvalue weighted by atomic mass is 16.5. The summed E-state index contributed by atoms with van der Waals surface area (Å²) in [6, 6.07) is 5.77. The van der Waals surface area contributed by atoms with E-state index in [1.807, 2.05) is 32.0 Å². The van der Waals surface area contributed by atoms with Crippen LogP contribution in [0.1, 0.15) is 29.5 Å². The highest BCUT2D eigenvalue weighted by molar-refractivity contribution is 5.80. The summed E-state index contributed by atoms with van der Waals surface area (Å²) in [5.74, 6) is -0.911. The van der Waals surface area contributed by atoms with Crippen LogP contribution in [-0.4, -0.2) is 47.7 Å². The van der Waals surface area contributed by atoms with Gasteiger partial charge in [0.15, 0.2) is 0 Å². The van der Waals surface area contributed by atoms with Crippen molar-refractivity contribution in [1.29, 1.82) is 0 Å². The largest absolute Gasteiger partial charge is 0.481 e. The maximum atomic E-state index is 12.6. The number of hydrogen-bond acceptors (Lipinski definition) is 3. The van der Waals surface area contributed by atoms with Gasteiger partial charge in [-0.15, -0.1) is 0 Å². The molecular formula is C17H23NO4. The fraction of sp³-hybridized carbons (Fsp3) is 0.529. The second kappa shape index (κ2) is 6.92. The minimum atomic E-state index is -0.883. The van der Waals surface area contributed by atoms with Gasteiger partial charge in [-0.2, -0.15) is 0 Å². The molecule has 5 nitrogen and oxygen atoms in total. The minimum absolute atomic E-state index is 0.0282. The quantitative estimate of drug-likeness (QED) is 0.903. The maximum absolute atomic E-state index is 12.6. The van der Waals surface area contributed by atoms with Gasteiger partial charge in [-0.3, -0.25) is 9.59 Å². The zero-order valence-corrected chi connectivity index (χ0v) is 13.3. The first-order chi connectivity index (χ1) is 10.4. The zero-order valence-electron chi connectivity index (χ0n) is 13.3. The first kappa shape index (κ1) is 16.5. The maximum Gasteiger partial charge on any atom is 0.305 e. The lowest BCUT2D eigenvalue weighted by Gasteiger charge is -2.23. The molecule has 120 valence electrons. The molecule has 0 radical (unpaired) electrons. The van der Waals surface area contributed by atoms with Crippen molar-refractivity contribution in [2.24, 2.45) is 0 Å². The first-order valence-electron chi connectivity index (χ1n) is 7.51. The fourth-order valence-corrected chi connectivity index (χ4v) is 3.00. The van der Waals surface area contributed by atoms with Gasteiger partial charge in [-0.1, -0.05) is 23.8 Å². The Balaban J connectivity index is 2.12. The highest BCUT2D eigenvalue weighted by Crippen LogP contribution is 2.24. The van der Waals surface area contributed by atoms with E-state index in [4.69, 9.17) is 9.84 Å². The minimum Gasteiger partial charge on any atom is -0.481 e. The predicted octanol–water partition coefficient (Wildman–Crippen LogP) is 1.94. The monoisotopic (exact) mass is 305 g/mol. The van der Waals surface area contributed by atoms with Gasteiger partial charge in [-0.25, -0.2) is 0 Å². The van der Waals surface area contributed by atoms with Crippen molar-refractivity contribution in [3.05, 3.63) is 34.9 Å². The number of nitrogens with zero attached hydrogens (tertiary/aromatic N) is 1. The molecule has 22 heavy (non-hydrogen) atoms. The summed E-state index contributed by atoms with van der Waals surface area (Å²) in [7, 11) is 1.60. The average Bonchev–Trinajstić information content (AvgIpc) is 2.85. The molecule has 0 aromatic heterocycles. The summed E-state index contributed by atoms with van der Waals surface area (Å²) < 4.78 is 5.31. The number of carboxylic acid groups (broad SMARTS) is 1. The number of ether oxygens (including phenoxy) is 1. The molecule has 0 spiro atoms. The molecule has 0 saturated carbocycles. The Hall–Kier alpha value is -1.88. The standard InChI is InChI=1S/C17H23NO4/c1-11-4-5-12(2)13(6-11)7-16(19)18-10-15(22-3)8-14(18)9-17(20)21/h4-6,14-15H,7-10H2,1-3H3,(H,20,21). The first-order valence-corrected chi connectivity index (χ1v) is 7.51. The molecule has 5 heteroatoms. The summed E-state index contributed by atoms with van der Waals surface area (Å²) >= 11 is 0. The van der Waals surface area contributed by atoms with Crippen LogP contribution >= 0.6 is 0 Å². The third kappa shape index (κ3) is 3.85. The van der Waals surface area contributed by atoms with Crippen molar-refractivity contribution < 1.29 is 19.4 Å². The molecule has 0 aliphatic carbocycles. The molecule has 1 saturated heterocycles. The van der Waals surface area contributed by atoms with E-state index in [1.54, 1.807) is 12.0 Å². The van der Waals surface area contributed by atoms with E-state index >= 15 is 0 Å². The van der Waals surface area contributed by atoms with Gasteiger partial charge in [0.2, 0.25) is 5.91 Å². The molecule has 1 N–H and O–H groups in total. The normalized spacial score (nSPS) is 21.1. The van der Waals surface area contributed by atoms with E-state index in [0.29, 0.717) is 19.4 Å². The van der Waals surface area contributed by atoms with E-state index in [-0.39, 0.29) is 24.5 Å². The molecule has 1 aliphatic heterocycles. The number of aliphatic carboxylic acids is 1. The van der Waals surface area contributed by atoms with Gasteiger partial charge in [0.05, 0.1) is 18.9 Å². The van der Waals surface area contributed by atoms with Gasteiger partial charge >= 0.3 is 5.97 Å². The number of likely N-dealkylation sites (tertiary alicyclic amines) is 1. The number of rotatable bonds is 5. The Labute approximate surface area is 130 Å². The van der Waals surface area contributed by atoms with Crippen LogP contribution in [-0.2, 0) is 20.7 Å². The fourth-order valence-electron chi connectivity index (χ4n) is 3.00. The van der Waals surface area contributed by atoms with Crippen LogP contribution in [0.3, 0.4) is 0 Å². The molecule has 1 aromatic carbocycles. The summed E-state index contributed by atoms with van der Waals surface area (Å²) in [5.41, 5.74) is 3.20. The Morgan fingerprint density at radius 2 is 2.09 bits per heavy atom. The van der Waals surface area contributed by atoms with Crippen LogP contribution in [0, 0.1) is 13.8 Å². The highest BCUT2D eigenvalue weighted by Gasteiger charge is 2.36. The van der Waals surface area contributed by atoms with Crippen molar-refractivity contribution in [3.8, 4) is 0 Å². The number of hydrogen-bond donors (Lipinski definition) is 1. The number of aryl methyl sites for hydroxylation is 2. The van der Waals surface area contributed by atoms with Crippen LogP contribution in [0.5, 0.6) is 0 Å². The summed E-state index contributed by atoms with van der Waals surface area (Å²) in [6.45, 7) is 4.45. The van der Waals surface area contributed by atoms with Gasteiger partial charge in [0.1, 0.15) is 0 Å². The zero-order chi connectivity index (χ0) is 16.3. The topological polar surface area (TPSA) is 66.8 Å². The van der Waals surface area contributed by atoms with Crippen LogP contribution < -0.4 is 0 Å². The second-order valence-electron chi connectivity index (χ2n) is 6.00. The van der Waals surface area contributed by atoms with Crippen molar-refractivity contribution in [2.75, 3.05) is 13.7 Å². The third-order valence-corrected chi connectivity index (χ3v) is 4.29. The Bertz CT molecular complexity index is 570. The number of carbonyl (C=O) groups is 2. The number of amides is 1. The number of carbonyl (C=O) groups excluding carboxylic acids is 1. The molecule has 1 amide bonds. The van der Waals surface area contributed by atoms with Crippen molar-refractivity contribution in [3.63, 3.8) is 0 Å². The predicted molar refractivity (Wildman–Crippen MR) is 82.8 cm³/mol. The Kier molecular flexibility index (Phi) is 5.19. The lowest BCUT2D eigenvalue weighted by atomic mass is 10.0. The number of carboxylic acids is 1. The molecule has 1 heterocycles. The van der Waals surface area contributed by atoms with Crippen molar-refractivity contribution in [1.82, 2.24) is 4.90 Å². The third-order valence-electron chi connectivity index (χ3n) is 4.29. The van der Waals surface area contributed by atoms with Crippen LogP contribution in [0.4, 0.5) is 0 Å².